The molecule has 2 unspecified atom stereocenters. The van der Waals surface area contributed by atoms with Crippen molar-refractivity contribution in [2.75, 3.05) is 25.2 Å². The second-order valence-electron chi connectivity index (χ2n) is 11.3. The number of amides is 2. The number of fused-ring (bicyclic) bond motifs is 1. The van der Waals surface area contributed by atoms with E-state index in [0.717, 1.165) is 5.56 Å². The Morgan fingerprint density at radius 2 is 1.93 bits per heavy atom. The van der Waals surface area contributed by atoms with Gasteiger partial charge >= 0.3 is 5.97 Å². The average Bonchev–Trinajstić information content (AvgIpc) is 2.90. The zero-order chi connectivity index (χ0) is 29.9. The van der Waals surface area contributed by atoms with Crippen molar-refractivity contribution in [1.82, 2.24) is 4.90 Å². The number of hydrogen-bond donors (Lipinski definition) is 1. The van der Waals surface area contributed by atoms with Gasteiger partial charge in [-0.1, -0.05) is 37.3 Å². The van der Waals surface area contributed by atoms with E-state index in [1.807, 2.05) is 37.3 Å². The molecule has 0 saturated carbocycles. The SMILES string of the molecule is CO[C@H]1c2cc(N3C(=O)CC3OC(C)=O)ccc2O[C@@H](C(CC(=O)N(CCO)Cc2ccccc2)[Si](C)(C)F)[C@@H]1C. The first-order valence-electron chi connectivity index (χ1n) is 13.9. The van der Waals surface area contributed by atoms with E-state index < -0.39 is 38.4 Å². The van der Waals surface area contributed by atoms with E-state index in [9.17, 15) is 19.5 Å². The highest BCUT2D eigenvalue weighted by atomic mass is 28.4. The van der Waals surface area contributed by atoms with Crippen molar-refractivity contribution in [2.24, 2.45) is 5.92 Å². The summed E-state index contributed by atoms with van der Waals surface area (Å²) in [6.45, 7) is 6.64. The predicted octanol–water partition coefficient (Wildman–Crippen LogP) is 4.35. The third-order valence-electron chi connectivity index (χ3n) is 7.91. The average molecular weight is 587 g/mol. The smallest absolute Gasteiger partial charge is 0.304 e. The maximum atomic E-state index is 16.0. The first-order chi connectivity index (χ1) is 19.4. The minimum absolute atomic E-state index is 0.0617. The number of halogens is 1. The first-order valence-corrected chi connectivity index (χ1v) is 16.8. The molecule has 222 valence electrons. The van der Waals surface area contributed by atoms with Crippen LogP contribution in [-0.2, 0) is 30.4 Å². The summed E-state index contributed by atoms with van der Waals surface area (Å²) in [5.41, 5.74) is 1.49. The molecule has 41 heavy (non-hydrogen) atoms. The fourth-order valence-corrected chi connectivity index (χ4v) is 7.59. The Bertz CT molecular complexity index is 1260. The van der Waals surface area contributed by atoms with Crippen molar-refractivity contribution in [3.8, 4) is 5.75 Å². The first kappa shape index (κ1) is 30.7. The van der Waals surface area contributed by atoms with Gasteiger partial charge in [0.1, 0.15) is 11.9 Å². The molecule has 2 aromatic carbocycles. The normalized spacial score (nSPS) is 22.7. The van der Waals surface area contributed by atoms with Crippen LogP contribution in [-0.4, -0.2) is 68.8 Å². The van der Waals surface area contributed by atoms with Crippen LogP contribution in [0.4, 0.5) is 9.80 Å². The van der Waals surface area contributed by atoms with Gasteiger partial charge in [0.05, 0.1) is 19.1 Å². The van der Waals surface area contributed by atoms with Gasteiger partial charge in [0.25, 0.3) is 0 Å². The number of nitrogens with zero attached hydrogens (tertiary/aromatic N) is 2. The maximum absolute atomic E-state index is 16.0. The number of carbonyl (C=O) groups is 3. The number of aliphatic hydroxyl groups is 1. The fraction of sp³-hybridized carbons (Fsp3) is 0.500. The third-order valence-corrected chi connectivity index (χ3v) is 10.2. The molecule has 1 N–H and O–H groups in total. The van der Waals surface area contributed by atoms with Crippen LogP contribution < -0.4 is 9.64 Å². The predicted molar refractivity (Wildman–Crippen MR) is 153 cm³/mol. The minimum Gasteiger partial charge on any atom is -0.490 e. The van der Waals surface area contributed by atoms with Gasteiger partial charge < -0.3 is 28.3 Å². The molecule has 4 rings (SSSR count). The summed E-state index contributed by atoms with van der Waals surface area (Å²) >= 11 is 0. The molecule has 11 heteroatoms. The quantitative estimate of drug-likeness (QED) is 0.181. The molecule has 1 fully saturated rings. The van der Waals surface area contributed by atoms with Crippen LogP contribution in [0.3, 0.4) is 0 Å². The van der Waals surface area contributed by atoms with Crippen molar-refractivity contribution in [3.05, 3.63) is 59.7 Å². The van der Waals surface area contributed by atoms with Crippen LogP contribution in [0.15, 0.2) is 48.5 Å². The molecule has 0 aromatic heterocycles. The number of anilines is 1. The number of ether oxygens (including phenoxy) is 3. The van der Waals surface area contributed by atoms with Crippen LogP contribution in [0.2, 0.25) is 18.6 Å². The van der Waals surface area contributed by atoms with E-state index in [2.05, 4.69) is 0 Å². The molecule has 0 radical (unpaired) electrons. The molecular weight excluding hydrogens is 547 g/mol. The van der Waals surface area contributed by atoms with Gasteiger partial charge in [-0.2, -0.15) is 0 Å². The lowest BCUT2D eigenvalue weighted by Gasteiger charge is -2.44. The van der Waals surface area contributed by atoms with Crippen molar-refractivity contribution < 1.29 is 37.8 Å². The van der Waals surface area contributed by atoms with Gasteiger partial charge in [-0.3, -0.25) is 19.3 Å². The van der Waals surface area contributed by atoms with Gasteiger partial charge in [0, 0.05) is 56.3 Å². The summed E-state index contributed by atoms with van der Waals surface area (Å²) in [6, 6.07) is 14.7. The summed E-state index contributed by atoms with van der Waals surface area (Å²) in [5.74, 6) is -0.711. The van der Waals surface area contributed by atoms with Crippen molar-refractivity contribution in [3.63, 3.8) is 0 Å². The zero-order valence-corrected chi connectivity index (χ0v) is 25.2. The highest BCUT2D eigenvalue weighted by Gasteiger charge is 2.49. The molecule has 2 aromatic rings. The molecular formula is C30H39FN2O7Si. The van der Waals surface area contributed by atoms with E-state index in [0.29, 0.717) is 23.5 Å². The van der Waals surface area contributed by atoms with E-state index in [-0.39, 0.29) is 43.7 Å². The van der Waals surface area contributed by atoms with Gasteiger partial charge in [0.2, 0.25) is 20.2 Å². The summed E-state index contributed by atoms with van der Waals surface area (Å²) < 4.78 is 33.6. The number of rotatable bonds is 11. The molecule has 1 saturated heterocycles. The van der Waals surface area contributed by atoms with Gasteiger partial charge in [-0.15, -0.1) is 0 Å². The van der Waals surface area contributed by atoms with E-state index in [1.165, 1.54) is 11.8 Å². The molecule has 9 nitrogen and oxygen atoms in total. The molecule has 2 aliphatic rings. The number of esters is 1. The van der Waals surface area contributed by atoms with Crippen LogP contribution in [0.5, 0.6) is 5.75 Å². The number of benzene rings is 2. The second kappa shape index (κ2) is 12.7. The number of methoxy groups -OCH3 is 1. The fourth-order valence-electron chi connectivity index (χ4n) is 5.78. The maximum Gasteiger partial charge on any atom is 0.304 e. The van der Waals surface area contributed by atoms with Crippen LogP contribution in [0.1, 0.15) is 43.9 Å². The van der Waals surface area contributed by atoms with Crippen LogP contribution in [0, 0.1) is 5.92 Å². The molecule has 0 spiro atoms. The molecule has 5 atom stereocenters. The van der Waals surface area contributed by atoms with Crippen molar-refractivity contribution in [2.45, 2.75) is 70.3 Å². The van der Waals surface area contributed by atoms with Crippen LogP contribution >= 0.6 is 0 Å². The van der Waals surface area contributed by atoms with Gasteiger partial charge in [-0.05, 0) is 36.9 Å². The Hall–Kier alpha value is -3.28. The summed E-state index contributed by atoms with van der Waals surface area (Å²) in [4.78, 5) is 40.4. The Labute approximate surface area is 241 Å². The van der Waals surface area contributed by atoms with Crippen LogP contribution in [0.25, 0.3) is 0 Å². The minimum atomic E-state index is -3.45. The monoisotopic (exact) mass is 586 g/mol. The number of hydrogen-bond acceptors (Lipinski definition) is 7. The Kier molecular flexibility index (Phi) is 9.50. The Morgan fingerprint density at radius 3 is 2.51 bits per heavy atom. The van der Waals surface area contributed by atoms with E-state index >= 15 is 4.11 Å². The van der Waals surface area contributed by atoms with E-state index in [4.69, 9.17) is 14.2 Å². The summed E-state index contributed by atoms with van der Waals surface area (Å²) in [7, 11) is -1.89. The van der Waals surface area contributed by atoms with Crippen molar-refractivity contribution >= 4 is 31.9 Å². The molecule has 0 aliphatic carbocycles. The molecule has 2 aliphatic heterocycles. The highest BCUT2D eigenvalue weighted by molar-refractivity contribution is 6.72. The third kappa shape index (κ3) is 6.79. The molecule has 2 heterocycles. The largest absolute Gasteiger partial charge is 0.490 e. The molecule has 2 amide bonds. The number of β-lactam (4-membered cyclic amide) rings is 1. The lowest BCUT2D eigenvalue weighted by atomic mass is 9.86. The second-order valence-corrected chi connectivity index (χ2v) is 15.1. The highest BCUT2D eigenvalue weighted by Crippen LogP contribution is 2.48. The number of carbonyl (C=O) groups excluding carboxylic acids is 3. The summed E-state index contributed by atoms with van der Waals surface area (Å²) in [5, 5.41) is 9.63. The topological polar surface area (TPSA) is 106 Å². The Morgan fingerprint density at radius 1 is 1.22 bits per heavy atom. The van der Waals surface area contributed by atoms with E-state index in [1.54, 1.807) is 43.3 Å². The lowest BCUT2D eigenvalue weighted by Crippen LogP contribution is -2.55. The molecule has 0 bridgehead atoms. The lowest BCUT2D eigenvalue weighted by molar-refractivity contribution is -0.153. The van der Waals surface area contributed by atoms with Gasteiger partial charge in [0.15, 0.2) is 6.23 Å². The zero-order valence-electron chi connectivity index (χ0n) is 24.2. The Balaban J connectivity index is 1.59. The standard InChI is InChI=1S/C30H39FN2O7Si/c1-19-29(38-3)23-15-22(33-27(37)17-28(33)39-20(2)35)11-12-24(23)40-30(19)25(41(4,5)31)16-26(36)32(13-14-34)18-21-9-7-6-8-10-21/h6-12,15,19,25,28-30,34H,13-14,16-18H2,1-5H3/t19-,25?,28?,29-,30-/m1/s1. The summed E-state index contributed by atoms with van der Waals surface area (Å²) in [6.07, 6.45) is -1.74. The number of aliphatic hydroxyl groups excluding tert-OH is 1. The van der Waals surface area contributed by atoms with Crippen molar-refractivity contribution in [1.29, 1.82) is 0 Å². The van der Waals surface area contributed by atoms with Gasteiger partial charge in [-0.25, -0.2) is 0 Å².